The number of carbonyl (C=O) groups excluding carboxylic acids is 1. The summed E-state index contributed by atoms with van der Waals surface area (Å²) in [6.45, 7) is 2.33. The van der Waals surface area contributed by atoms with Crippen LogP contribution in [0.25, 0.3) is 0 Å². The normalized spacial score (nSPS) is 10.2. The van der Waals surface area contributed by atoms with Gasteiger partial charge in [-0.1, -0.05) is 19.1 Å². The Morgan fingerprint density at radius 1 is 1.31 bits per heavy atom. The van der Waals surface area contributed by atoms with E-state index in [0.717, 1.165) is 6.42 Å². The summed E-state index contributed by atoms with van der Waals surface area (Å²) >= 11 is 0. The van der Waals surface area contributed by atoms with E-state index in [2.05, 4.69) is 0 Å². The van der Waals surface area contributed by atoms with Crippen LogP contribution in [0, 0.1) is 0 Å². The molecular formula is C9H14O4. The SMILES string of the molecule is CCCOC(=O)C/C=C/CC(=O)O. The Hall–Kier alpha value is -1.32. The summed E-state index contributed by atoms with van der Waals surface area (Å²) in [7, 11) is 0. The molecular weight excluding hydrogens is 172 g/mol. The molecule has 4 nitrogen and oxygen atoms in total. The van der Waals surface area contributed by atoms with Gasteiger partial charge in [0.15, 0.2) is 0 Å². The third-order valence-electron chi connectivity index (χ3n) is 1.21. The second-order valence-corrected chi connectivity index (χ2v) is 2.49. The van der Waals surface area contributed by atoms with Gasteiger partial charge in [0.1, 0.15) is 0 Å². The minimum atomic E-state index is -0.904. The molecule has 0 aliphatic rings. The monoisotopic (exact) mass is 186 g/mol. The van der Waals surface area contributed by atoms with Gasteiger partial charge in [0, 0.05) is 0 Å². The Balaban J connectivity index is 3.45. The first-order chi connectivity index (χ1) is 6.16. The first kappa shape index (κ1) is 11.7. The van der Waals surface area contributed by atoms with Crippen LogP contribution in [0.15, 0.2) is 12.2 Å². The Bertz CT molecular complexity index is 196. The molecule has 0 aromatic rings. The second-order valence-electron chi connectivity index (χ2n) is 2.49. The van der Waals surface area contributed by atoms with Gasteiger partial charge in [-0.15, -0.1) is 0 Å². The smallest absolute Gasteiger partial charge is 0.309 e. The molecule has 0 spiro atoms. The number of carbonyl (C=O) groups is 2. The van der Waals surface area contributed by atoms with Crippen molar-refractivity contribution in [3.05, 3.63) is 12.2 Å². The molecule has 0 heterocycles. The molecule has 0 saturated carbocycles. The lowest BCUT2D eigenvalue weighted by Crippen LogP contribution is -2.03. The van der Waals surface area contributed by atoms with Crippen molar-refractivity contribution in [2.24, 2.45) is 0 Å². The number of hydrogen-bond donors (Lipinski definition) is 1. The number of aliphatic carboxylic acids is 1. The molecule has 0 saturated heterocycles. The maximum Gasteiger partial charge on any atom is 0.309 e. The number of carboxylic acids is 1. The van der Waals surface area contributed by atoms with E-state index in [-0.39, 0.29) is 18.8 Å². The maximum atomic E-state index is 10.8. The van der Waals surface area contributed by atoms with Crippen molar-refractivity contribution in [1.82, 2.24) is 0 Å². The van der Waals surface area contributed by atoms with Gasteiger partial charge < -0.3 is 9.84 Å². The summed E-state index contributed by atoms with van der Waals surface area (Å²) in [5.74, 6) is -1.22. The minimum Gasteiger partial charge on any atom is -0.481 e. The molecule has 0 aliphatic heterocycles. The zero-order valence-corrected chi connectivity index (χ0v) is 7.66. The van der Waals surface area contributed by atoms with Crippen LogP contribution in [-0.2, 0) is 14.3 Å². The predicted octanol–water partition coefficient (Wildman–Crippen LogP) is 1.36. The van der Waals surface area contributed by atoms with Crippen molar-refractivity contribution in [3.63, 3.8) is 0 Å². The van der Waals surface area contributed by atoms with Crippen LogP contribution in [-0.4, -0.2) is 23.7 Å². The minimum absolute atomic E-state index is 0.0545. The molecule has 0 aliphatic carbocycles. The molecule has 0 radical (unpaired) electrons. The van der Waals surface area contributed by atoms with Gasteiger partial charge in [-0.25, -0.2) is 0 Å². The van der Waals surface area contributed by atoms with Crippen molar-refractivity contribution in [2.75, 3.05) is 6.61 Å². The average Bonchev–Trinajstić information content (AvgIpc) is 2.08. The van der Waals surface area contributed by atoms with E-state index in [9.17, 15) is 9.59 Å². The summed E-state index contributed by atoms with van der Waals surface area (Å²) in [6.07, 6.45) is 3.83. The highest BCUT2D eigenvalue weighted by Crippen LogP contribution is 1.92. The van der Waals surface area contributed by atoms with E-state index in [1.165, 1.54) is 12.2 Å². The molecule has 0 aromatic carbocycles. The van der Waals surface area contributed by atoms with Gasteiger partial charge in [-0.3, -0.25) is 9.59 Å². The molecule has 0 atom stereocenters. The standard InChI is InChI=1S/C9H14O4/c1-2-7-13-9(12)6-4-3-5-8(10)11/h3-4H,2,5-7H2,1H3,(H,10,11)/b4-3+. The van der Waals surface area contributed by atoms with Gasteiger partial charge >= 0.3 is 11.9 Å². The Kier molecular flexibility index (Phi) is 6.59. The molecule has 13 heavy (non-hydrogen) atoms. The third kappa shape index (κ3) is 8.59. The Morgan fingerprint density at radius 2 is 1.92 bits per heavy atom. The lowest BCUT2D eigenvalue weighted by molar-refractivity contribution is -0.142. The van der Waals surface area contributed by atoms with Gasteiger partial charge in [-0.2, -0.15) is 0 Å². The molecule has 0 rings (SSSR count). The van der Waals surface area contributed by atoms with Gasteiger partial charge in [-0.05, 0) is 6.42 Å². The molecule has 0 fully saturated rings. The van der Waals surface area contributed by atoms with E-state index < -0.39 is 5.97 Å². The first-order valence-corrected chi connectivity index (χ1v) is 4.19. The van der Waals surface area contributed by atoms with Crippen LogP contribution < -0.4 is 0 Å². The number of ether oxygens (including phenoxy) is 1. The zero-order valence-electron chi connectivity index (χ0n) is 7.66. The highest BCUT2D eigenvalue weighted by Gasteiger charge is 1.97. The van der Waals surface area contributed by atoms with Crippen LogP contribution in [0.4, 0.5) is 0 Å². The number of rotatable bonds is 6. The largest absolute Gasteiger partial charge is 0.481 e. The van der Waals surface area contributed by atoms with Crippen molar-refractivity contribution in [3.8, 4) is 0 Å². The van der Waals surface area contributed by atoms with Crippen LogP contribution in [0.1, 0.15) is 26.2 Å². The fraction of sp³-hybridized carbons (Fsp3) is 0.556. The van der Waals surface area contributed by atoms with Crippen LogP contribution in [0.3, 0.4) is 0 Å². The fourth-order valence-electron chi connectivity index (χ4n) is 0.639. The summed E-state index contributed by atoms with van der Waals surface area (Å²) in [5, 5.41) is 8.25. The number of hydrogen-bond acceptors (Lipinski definition) is 3. The quantitative estimate of drug-likeness (QED) is 0.502. The molecule has 0 unspecified atom stereocenters. The second kappa shape index (κ2) is 7.34. The Labute approximate surface area is 77.2 Å². The van der Waals surface area contributed by atoms with Crippen molar-refractivity contribution in [1.29, 1.82) is 0 Å². The lowest BCUT2D eigenvalue weighted by Gasteiger charge is -1.98. The summed E-state index contributed by atoms with van der Waals surface area (Å²) in [6, 6.07) is 0. The first-order valence-electron chi connectivity index (χ1n) is 4.19. The van der Waals surface area contributed by atoms with Crippen molar-refractivity contribution < 1.29 is 19.4 Å². The van der Waals surface area contributed by atoms with E-state index in [0.29, 0.717) is 6.61 Å². The van der Waals surface area contributed by atoms with Gasteiger partial charge in [0.2, 0.25) is 0 Å². The Morgan fingerprint density at radius 3 is 2.46 bits per heavy atom. The fourth-order valence-corrected chi connectivity index (χ4v) is 0.639. The maximum absolute atomic E-state index is 10.8. The van der Waals surface area contributed by atoms with Crippen molar-refractivity contribution in [2.45, 2.75) is 26.2 Å². The lowest BCUT2D eigenvalue weighted by atomic mass is 10.3. The molecule has 4 heteroatoms. The summed E-state index contributed by atoms with van der Waals surface area (Å²) in [5.41, 5.74) is 0. The van der Waals surface area contributed by atoms with E-state index in [4.69, 9.17) is 9.84 Å². The van der Waals surface area contributed by atoms with Gasteiger partial charge in [0.25, 0.3) is 0 Å². The highest BCUT2D eigenvalue weighted by atomic mass is 16.5. The number of carboxylic acid groups (broad SMARTS) is 1. The molecule has 1 N–H and O–H groups in total. The average molecular weight is 186 g/mol. The molecule has 0 aromatic heterocycles. The van der Waals surface area contributed by atoms with Crippen LogP contribution >= 0.6 is 0 Å². The van der Waals surface area contributed by atoms with E-state index >= 15 is 0 Å². The third-order valence-corrected chi connectivity index (χ3v) is 1.21. The summed E-state index contributed by atoms with van der Waals surface area (Å²) < 4.78 is 4.76. The predicted molar refractivity (Wildman–Crippen MR) is 47.3 cm³/mol. The van der Waals surface area contributed by atoms with Gasteiger partial charge in [0.05, 0.1) is 19.4 Å². The highest BCUT2D eigenvalue weighted by molar-refractivity contribution is 5.72. The van der Waals surface area contributed by atoms with Crippen LogP contribution in [0.2, 0.25) is 0 Å². The topological polar surface area (TPSA) is 63.6 Å². The zero-order chi connectivity index (χ0) is 10.1. The van der Waals surface area contributed by atoms with Crippen LogP contribution in [0.5, 0.6) is 0 Å². The van der Waals surface area contributed by atoms with E-state index in [1.807, 2.05) is 6.92 Å². The van der Waals surface area contributed by atoms with Crippen molar-refractivity contribution >= 4 is 11.9 Å². The number of esters is 1. The molecule has 74 valence electrons. The molecule has 0 bridgehead atoms. The van der Waals surface area contributed by atoms with E-state index in [1.54, 1.807) is 0 Å². The summed E-state index contributed by atoms with van der Waals surface area (Å²) in [4.78, 5) is 20.9. The molecule has 0 amide bonds.